The highest BCUT2D eigenvalue weighted by atomic mass is 32.2. The number of halogens is 3. The van der Waals surface area contributed by atoms with Gasteiger partial charge >= 0.3 is 6.18 Å². The number of likely N-dealkylation sites (N-methyl/N-ethyl adjacent to an activating group) is 1. The lowest BCUT2D eigenvalue weighted by molar-refractivity contribution is -0.137. The van der Waals surface area contributed by atoms with Crippen LogP contribution in [0.4, 0.5) is 13.2 Å². The van der Waals surface area contributed by atoms with Gasteiger partial charge in [0, 0.05) is 6.54 Å². The Labute approximate surface area is 152 Å². The smallest absolute Gasteiger partial charge is 0.354 e. The summed E-state index contributed by atoms with van der Waals surface area (Å²) in [5.74, 6) is -0.299. The van der Waals surface area contributed by atoms with Gasteiger partial charge in [0.25, 0.3) is 0 Å². The molecule has 0 aliphatic rings. The molecular weight excluding hydrogens is 369 g/mol. The van der Waals surface area contributed by atoms with Crippen molar-refractivity contribution in [3.05, 3.63) is 29.8 Å². The average Bonchev–Trinajstić information content (AvgIpc) is 2.53. The molecule has 0 bridgehead atoms. The number of alkyl halides is 3. The molecule has 5 nitrogen and oxygen atoms in total. The molecule has 0 unspecified atom stereocenters. The van der Waals surface area contributed by atoms with Crippen LogP contribution in [0.2, 0.25) is 0 Å². The van der Waals surface area contributed by atoms with E-state index >= 15 is 0 Å². The second kappa shape index (κ2) is 7.56. The fourth-order valence-electron chi connectivity index (χ4n) is 2.10. The van der Waals surface area contributed by atoms with E-state index in [1.807, 2.05) is 0 Å². The van der Waals surface area contributed by atoms with Crippen molar-refractivity contribution in [3.63, 3.8) is 0 Å². The van der Waals surface area contributed by atoms with Crippen LogP contribution in [-0.4, -0.2) is 38.2 Å². The molecule has 0 heterocycles. The molecule has 1 amide bonds. The van der Waals surface area contributed by atoms with Crippen LogP contribution in [0.25, 0.3) is 0 Å². The molecule has 0 fully saturated rings. The summed E-state index contributed by atoms with van der Waals surface area (Å²) in [5, 5.41) is 5.47. The summed E-state index contributed by atoms with van der Waals surface area (Å²) < 4.78 is 62.7. The summed E-state index contributed by atoms with van der Waals surface area (Å²) in [7, 11) is -2.40. The van der Waals surface area contributed by atoms with Crippen molar-refractivity contribution >= 4 is 15.7 Å². The van der Waals surface area contributed by atoms with Crippen molar-refractivity contribution in [2.24, 2.45) is 0 Å². The number of rotatable bonds is 7. The molecule has 1 aromatic carbocycles. The molecule has 148 valence electrons. The molecule has 1 aromatic rings. The Kier molecular flexibility index (Phi) is 6.52. The molecule has 0 radical (unpaired) electrons. The van der Waals surface area contributed by atoms with Crippen LogP contribution < -0.4 is 10.6 Å². The molecule has 2 N–H and O–H groups in total. The Morgan fingerprint density at radius 2 is 1.69 bits per heavy atom. The third kappa shape index (κ3) is 4.97. The van der Waals surface area contributed by atoms with Gasteiger partial charge in [-0.05, 0) is 59.4 Å². The molecule has 26 heavy (non-hydrogen) atoms. The van der Waals surface area contributed by atoms with Gasteiger partial charge in [-0.1, -0.05) is 6.07 Å². The topological polar surface area (TPSA) is 75.3 Å². The largest absolute Gasteiger partial charge is 0.416 e. The van der Waals surface area contributed by atoms with Gasteiger partial charge in [0.15, 0.2) is 9.84 Å². The zero-order valence-corrected chi connectivity index (χ0v) is 16.3. The van der Waals surface area contributed by atoms with Gasteiger partial charge in [-0.3, -0.25) is 4.79 Å². The number of nitrogens with one attached hydrogen (secondary N) is 2. The number of benzene rings is 1. The van der Waals surface area contributed by atoms with Crippen LogP contribution in [-0.2, 0) is 20.8 Å². The fraction of sp³-hybridized carbons (Fsp3) is 0.588. The molecule has 0 aliphatic carbocycles. The quantitative estimate of drug-likeness (QED) is 0.746. The van der Waals surface area contributed by atoms with Gasteiger partial charge in [-0.25, -0.2) is 8.42 Å². The summed E-state index contributed by atoms with van der Waals surface area (Å²) in [6.07, 6.45) is -4.57. The first kappa shape index (κ1) is 22.4. The zero-order valence-electron chi connectivity index (χ0n) is 15.5. The van der Waals surface area contributed by atoms with Crippen molar-refractivity contribution in [2.75, 3.05) is 13.6 Å². The van der Waals surface area contributed by atoms with Crippen LogP contribution in [0.15, 0.2) is 29.2 Å². The molecule has 9 heteroatoms. The van der Waals surface area contributed by atoms with Crippen molar-refractivity contribution in [2.45, 2.75) is 55.5 Å². The Hall–Kier alpha value is -1.61. The maximum Gasteiger partial charge on any atom is 0.416 e. The Morgan fingerprint density at radius 1 is 1.12 bits per heavy atom. The normalized spacial score (nSPS) is 13.5. The molecule has 0 saturated carbocycles. The van der Waals surface area contributed by atoms with Crippen molar-refractivity contribution in [1.82, 2.24) is 10.6 Å². The minimum Gasteiger partial charge on any atom is -0.354 e. The highest BCUT2D eigenvalue weighted by Crippen LogP contribution is 2.34. The average molecular weight is 394 g/mol. The number of amides is 1. The Morgan fingerprint density at radius 3 is 2.19 bits per heavy atom. The second-order valence-electron chi connectivity index (χ2n) is 7.17. The standard InChI is InChI=1S/C17H25F3N2O3S/c1-15(2,9-10-22-14(23)16(3,4)21-5)26(24,25)13-8-6-7-12(11-13)17(18,19)20/h6-8,11,21H,9-10H2,1-5H3,(H,22,23). The lowest BCUT2D eigenvalue weighted by Crippen LogP contribution is -2.52. The highest BCUT2D eigenvalue weighted by Gasteiger charge is 2.38. The maximum absolute atomic E-state index is 12.8. The van der Waals surface area contributed by atoms with Gasteiger partial charge in [-0.2, -0.15) is 13.2 Å². The number of carbonyl (C=O) groups is 1. The van der Waals surface area contributed by atoms with E-state index in [2.05, 4.69) is 10.6 Å². The number of carbonyl (C=O) groups excluding carboxylic acids is 1. The van der Waals surface area contributed by atoms with Gasteiger partial charge in [-0.15, -0.1) is 0 Å². The first-order valence-corrected chi connectivity index (χ1v) is 9.52. The van der Waals surface area contributed by atoms with E-state index in [4.69, 9.17) is 0 Å². The van der Waals surface area contributed by atoms with E-state index in [9.17, 15) is 26.4 Å². The SMILES string of the molecule is CNC(C)(C)C(=O)NCCC(C)(C)S(=O)(=O)c1cccc(C(F)(F)F)c1. The van der Waals surface area contributed by atoms with Gasteiger partial charge in [0.1, 0.15) is 0 Å². The van der Waals surface area contributed by atoms with E-state index < -0.39 is 31.9 Å². The highest BCUT2D eigenvalue weighted by molar-refractivity contribution is 7.92. The minimum atomic E-state index is -4.62. The third-order valence-electron chi connectivity index (χ3n) is 4.40. The van der Waals surface area contributed by atoms with E-state index in [0.717, 1.165) is 18.2 Å². The maximum atomic E-state index is 12.8. The van der Waals surface area contributed by atoms with Gasteiger partial charge in [0.05, 0.1) is 20.7 Å². The molecule has 0 aliphatic heterocycles. The first-order chi connectivity index (χ1) is 11.6. The van der Waals surface area contributed by atoms with Gasteiger partial charge in [0.2, 0.25) is 5.91 Å². The van der Waals surface area contributed by atoms with Gasteiger partial charge < -0.3 is 10.6 Å². The molecule has 0 spiro atoms. The molecule has 0 saturated heterocycles. The number of hydrogen-bond acceptors (Lipinski definition) is 4. The minimum absolute atomic E-state index is 0.0527. The summed E-state index contributed by atoms with van der Waals surface area (Å²) in [6.45, 7) is 6.28. The van der Waals surface area contributed by atoms with E-state index in [1.165, 1.54) is 13.8 Å². The molecule has 1 rings (SSSR count). The van der Waals surface area contributed by atoms with Crippen molar-refractivity contribution in [3.8, 4) is 0 Å². The lowest BCUT2D eigenvalue weighted by Gasteiger charge is -2.27. The third-order valence-corrected chi connectivity index (χ3v) is 6.94. The monoisotopic (exact) mass is 394 g/mol. The van der Waals surface area contributed by atoms with Crippen molar-refractivity contribution < 1.29 is 26.4 Å². The number of hydrogen-bond donors (Lipinski definition) is 2. The molecular formula is C17H25F3N2O3S. The Bertz CT molecular complexity index is 757. The van der Waals surface area contributed by atoms with E-state index in [0.29, 0.717) is 6.07 Å². The molecule has 0 aromatic heterocycles. The second-order valence-corrected chi connectivity index (χ2v) is 9.75. The predicted molar refractivity (Wildman–Crippen MR) is 93.5 cm³/mol. The van der Waals surface area contributed by atoms with E-state index in [-0.39, 0.29) is 23.8 Å². The van der Waals surface area contributed by atoms with Crippen LogP contribution in [0, 0.1) is 0 Å². The summed E-state index contributed by atoms with van der Waals surface area (Å²) >= 11 is 0. The van der Waals surface area contributed by atoms with Crippen molar-refractivity contribution in [1.29, 1.82) is 0 Å². The van der Waals surface area contributed by atoms with Crippen LogP contribution >= 0.6 is 0 Å². The number of sulfone groups is 1. The first-order valence-electron chi connectivity index (χ1n) is 8.04. The Balaban J connectivity index is 2.96. The van der Waals surface area contributed by atoms with E-state index in [1.54, 1.807) is 20.9 Å². The zero-order chi connectivity index (χ0) is 20.4. The van der Waals surface area contributed by atoms with Crippen LogP contribution in [0.3, 0.4) is 0 Å². The summed E-state index contributed by atoms with van der Waals surface area (Å²) in [4.78, 5) is 11.6. The summed E-state index contributed by atoms with van der Waals surface area (Å²) in [6, 6.07) is 3.68. The van der Waals surface area contributed by atoms with Crippen LogP contribution in [0.5, 0.6) is 0 Å². The fourth-order valence-corrected chi connectivity index (χ4v) is 3.65. The molecule has 0 atom stereocenters. The van der Waals surface area contributed by atoms with Crippen LogP contribution in [0.1, 0.15) is 39.7 Å². The summed E-state index contributed by atoms with van der Waals surface area (Å²) in [5.41, 5.74) is -1.83. The lowest BCUT2D eigenvalue weighted by atomic mass is 10.0. The predicted octanol–water partition coefficient (Wildman–Crippen LogP) is 2.76.